The molecule has 0 saturated carbocycles. The van der Waals surface area contributed by atoms with Crippen LogP contribution in [0.25, 0.3) is 11.3 Å². The number of benzene rings is 1. The van der Waals surface area contributed by atoms with Gasteiger partial charge in [0.15, 0.2) is 11.0 Å². The molecule has 31 heavy (non-hydrogen) atoms. The van der Waals surface area contributed by atoms with Crippen LogP contribution in [0.15, 0.2) is 36.0 Å². The first kappa shape index (κ1) is 22.6. The molecule has 2 heterocycles. The normalized spacial score (nSPS) is 13.5. The minimum absolute atomic E-state index is 0.0641. The molecule has 3 rings (SSSR count). The van der Waals surface area contributed by atoms with E-state index in [1.54, 1.807) is 23.6 Å². The SMILES string of the molecule is COc1ccc(OC)c(-c2csc(NC(=O)CC(O)(c3nccn3C)C(F)(F)F)n2)c1. The molecule has 1 atom stereocenters. The van der Waals surface area contributed by atoms with E-state index in [1.807, 2.05) is 0 Å². The summed E-state index contributed by atoms with van der Waals surface area (Å²) in [6.07, 6.45) is -4.04. The third kappa shape index (κ3) is 4.49. The van der Waals surface area contributed by atoms with Crippen molar-refractivity contribution in [2.24, 2.45) is 7.05 Å². The first-order valence-electron chi connectivity index (χ1n) is 8.83. The lowest BCUT2D eigenvalue weighted by Crippen LogP contribution is -2.46. The number of methoxy groups -OCH3 is 2. The average Bonchev–Trinajstić information content (AvgIpc) is 3.35. The van der Waals surface area contributed by atoms with Gasteiger partial charge in [-0.05, 0) is 18.2 Å². The number of aryl methyl sites for hydroxylation is 1. The van der Waals surface area contributed by atoms with Crippen molar-refractivity contribution >= 4 is 22.4 Å². The highest BCUT2D eigenvalue weighted by Crippen LogP contribution is 2.41. The molecule has 1 aromatic carbocycles. The highest BCUT2D eigenvalue weighted by Gasteiger charge is 2.58. The van der Waals surface area contributed by atoms with Crippen LogP contribution in [-0.4, -0.2) is 45.9 Å². The van der Waals surface area contributed by atoms with Crippen molar-refractivity contribution < 1.29 is 32.5 Å². The van der Waals surface area contributed by atoms with Crippen molar-refractivity contribution in [2.75, 3.05) is 19.5 Å². The molecule has 8 nitrogen and oxygen atoms in total. The Bertz CT molecular complexity index is 1080. The number of nitrogens with zero attached hydrogens (tertiary/aromatic N) is 3. The molecule has 0 aliphatic carbocycles. The Labute approximate surface area is 179 Å². The minimum Gasteiger partial charge on any atom is -0.497 e. The molecule has 0 aliphatic heterocycles. The fourth-order valence-electron chi connectivity index (χ4n) is 2.94. The predicted molar refractivity (Wildman–Crippen MR) is 107 cm³/mol. The lowest BCUT2D eigenvalue weighted by Gasteiger charge is -2.29. The zero-order valence-electron chi connectivity index (χ0n) is 16.7. The second-order valence-corrected chi connectivity index (χ2v) is 7.41. The van der Waals surface area contributed by atoms with E-state index in [-0.39, 0.29) is 5.13 Å². The maximum absolute atomic E-state index is 13.6. The highest BCUT2D eigenvalue weighted by molar-refractivity contribution is 7.14. The highest BCUT2D eigenvalue weighted by atomic mass is 32.1. The molecule has 3 aromatic rings. The largest absolute Gasteiger partial charge is 0.497 e. The van der Waals surface area contributed by atoms with Crippen LogP contribution in [0.5, 0.6) is 11.5 Å². The van der Waals surface area contributed by atoms with Gasteiger partial charge in [-0.15, -0.1) is 11.3 Å². The van der Waals surface area contributed by atoms with Crippen molar-refractivity contribution in [2.45, 2.75) is 18.2 Å². The predicted octanol–water partition coefficient (Wildman–Crippen LogP) is 3.34. The number of alkyl halides is 3. The van der Waals surface area contributed by atoms with Gasteiger partial charge in [0.2, 0.25) is 11.5 Å². The van der Waals surface area contributed by atoms with Crippen LogP contribution in [0, 0.1) is 0 Å². The van der Waals surface area contributed by atoms with E-state index in [0.29, 0.717) is 22.8 Å². The summed E-state index contributed by atoms with van der Waals surface area (Å²) in [7, 11) is 4.28. The van der Waals surface area contributed by atoms with Gasteiger partial charge >= 0.3 is 6.18 Å². The molecule has 12 heteroatoms. The number of hydrogen-bond donors (Lipinski definition) is 2. The summed E-state index contributed by atoms with van der Waals surface area (Å²) in [5, 5.41) is 14.3. The summed E-state index contributed by atoms with van der Waals surface area (Å²) in [5.74, 6) is -0.692. The van der Waals surface area contributed by atoms with Crippen LogP contribution in [0.4, 0.5) is 18.3 Å². The zero-order valence-corrected chi connectivity index (χ0v) is 17.5. The lowest BCUT2D eigenvalue weighted by atomic mass is 9.97. The Hall–Kier alpha value is -3.12. The van der Waals surface area contributed by atoms with E-state index in [0.717, 1.165) is 22.1 Å². The summed E-state index contributed by atoms with van der Waals surface area (Å²) in [5.41, 5.74) is -2.43. The minimum atomic E-state index is -5.12. The average molecular weight is 456 g/mol. The number of imidazole rings is 1. The number of aliphatic hydroxyl groups is 1. The number of rotatable bonds is 7. The Balaban J connectivity index is 1.82. The molecule has 1 unspecified atom stereocenters. The van der Waals surface area contributed by atoms with Crippen molar-refractivity contribution in [3.63, 3.8) is 0 Å². The van der Waals surface area contributed by atoms with Gasteiger partial charge in [0.05, 0.1) is 26.3 Å². The number of thiazole rings is 1. The first-order chi connectivity index (χ1) is 14.6. The summed E-state index contributed by atoms with van der Waals surface area (Å²) >= 11 is 1.02. The number of halogens is 3. The topological polar surface area (TPSA) is 98.5 Å². The molecule has 0 spiro atoms. The van der Waals surface area contributed by atoms with Crippen LogP contribution in [0.3, 0.4) is 0 Å². The van der Waals surface area contributed by atoms with Crippen molar-refractivity contribution in [1.29, 1.82) is 0 Å². The van der Waals surface area contributed by atoms with Crippen LogP contribution in [0.1, 0.15) is 12.2 Å². The van der Waals surface area contributed by atoms with Crippen molar-refractivity contribution in [3.05, 3.63) is 41.8 Å². The van der Waals surface area contributed by atoms with E-state index in [1.165, 1.54) is 27.5 Å². The Morgan fingerprint density at radius 3 is 2.61 bits per heavy atom. The van der Waals surface area contributed by atoms with Crippen LogP contribution in [-0.2, 0) is 17.4 Å². The molecule has 0 saturated heterocycles. The monoisotopic (exact) mass is 456 g/mol. The smallest absolute Gasteiger partial charge is 0.425 e. The van der Waals surface area contributed by atoms with Crippen molar-refractivity contribution in [1.82, 2.24) is 14.5 Å². The molecule has 0 aliphatic rings. The fourth-order valence-corrected chi connectivity index (χ4v) is 3.66. The standard InChI is InChI=1S/C19H19F3N4O4S/c1-26-7-6-23-16(26)18(28,19(20,21)22)9-15(27)25-17-24-13(10-31-17)12-8-11(29-2)4-5-14(12)30-3/h4-8,10,28H,9H2,1-3H3,(H,24,25,27). The van der Waals surface area contributed by atoms with Gasteiger partial charge in [-0.2, -0.15) is 13.2 Å². The summed E-state index contributed by atoms with van der Waals surface area (Å²) in [4.78, 5) is 20.2. The number of anilines is 1. The summed E-state index contributed by atoms with van der Waals surface area (Å²) in [6.45, 7) is 0. The van der Waals surface area contributed by atoms with E-state index in [2.05, 4.69) is 15.3 Å². The molecule has 0 fully saturated rings. The number of amides is 1. The van der Waals surface area contributed by atoms with Gasteiger partial charge in [0, 0.05) is 30.4 Å². The lowest BCUT2D eigenvalue weighted by molar-refractivity contribution is -0.270. The van der Waals surface area contributed by atoms with Crippen LogP contribution in [0.2, 0.25) is 0 Å². The van der Waals surface area contributed by atoms with Gasteiger partial charge in [-0.1, -0.05) is 0 Å². The maximum Gasteiger partial charge on any atom is 0.425 e. The molecular formula is C19H19F3N4O4S. The molecular weight excluding hydrogens is 437 g/mol. The third-order valence-electron chi connectivity index (χ3n) is 4.51. The Morgan fingerprint density at radius 2 is 2.03 bits per heavy atom. The zero-order chi connectivity index (χ0) is 22.8. The maximum atomic E-state index is 13.6. The molecule has 166 valence electrons. The van der Waals surface area contributed by atoms with E-state index in [4.69, 9.17) is 9.47 Å². The van der Waals surface area contributed by atoms with Gasteiger partial charge in [-0.3, -0.25) is 4.79 Å². The van der Waals surface area contributed by atoms with Crippen molar-refractivity contribution in [3.8, 4) is 22.8 Å². The van der Waals surface area contributed by atoms with Gasteiger partial charge in [-0.25, -0.2) is 9.97 Å². The molecule has 2 N–H and O–H groups in total. The van der Waals surface area contributed by atoms with E-state index >= 15 is 0 Å². The molecule has 1 amide bonds. The van der Waals surface area contributed by atoms with Gasteiger partial charge in [0.25, 0.3) is 0 Å². The Kier molecular flexibility index (Phi) is 6.23. The van der Waals surface area contributed by atoms with Gasteiger partial charge in [0.1, 0.15) is 11.5 Å². The summed E-state index contributed by atoms with van der Waals surface area (Å²) in [6, 6.07) is 5.07. The second-order valence-electron chi connectivity index (χ2n) is 6.55. The fraction of sp³-hybridized carbons (Fsp3) is 0.316. The van der Waals surface area contributed by atoms with Crippen LogP contribution >= 0.6 is 11.3 Å². The number of aromatic nitrogens is 3. The second kappa shape index (κ2) is 8.55. The number of ether oxygens (including phenoxy) is 2. The molecule has 0 radical (unpaired) electrons. The summed E-state index contributed by atoms with van der Waals surface area (Å²) < 4.78 is 52.3. The van der Waals surface area contributed by atoms with E-state index < -0.39 is 29.9 Å². The number of nitrogens with one attached hydrogen (secondary N) is 1. The first-order valence-corrected chi connectivity index (χ1v) is 9.71. The van der Waals surface area contributed by atoms with Gasteiger partial charge < -0.3 is 24.5 Å². The Morgan fingerprint density at radius 1 is 1.29 bits per heavy atom. The third-order valence-corrected chi connectivity index (χ3v) is 5.27. The van der Waals surface area contributed by atoms with Crippen LogP contribution < -0.4 is 14.8 Å². The van der Waals surface area contributed by atoms with E-state index in [9.17, 15) is 23.1 Å². The number of hydrogen-bond acceptors (Lipinski definition) is 7. The molecule has 2 aromatic heterocycles. The molecule has 0 bridgehead atoms. The number of carbonyl (C=O) groups excluding carboxylic acids is 1. The number of carbonyl (C=O) groups is 1. The quantitative estimate of drug-likeness (QED) is 0.566.